The minimum atomic E-state index is 0.560. The Morgan fingerprint density at radius 2 is 1.86 bits per heavy atom. The smallest absolute Gasteiger partial charge is 0.165 e. The maximum absolute atomic E-state index is 6.49. The third-order valence-corrected chi connectivity index (χ3v) is 5.52. The molecule has 0 aliphatic heterocycles. The Morgan fingerprint density at radius 3 is 2.48 bits per heavy atom. The van der Waals surface area contributed by atoms with Gasteiger partial charge in [-0.1, -0.05) is 57.8 Å². The molecule has 0 aliphatic rings. The highest BCUT2D eigenvalue weighted by atomic mass is 35.5. The predicted octanol–water partition coefficient (Wildman–Crippen LogP) is 6.77. The van der Waals surface area contributed by atoms with Crippen LogP contribution in [0.3, 0.4) is 0 Å². The van der Waals surface area contributed by atoms with Crippen molar-refractivity contribution in [3.63, 3.8) is 0 Å². The highest BCUT2D eigenvalue weighted by Crippen LogP contribution is 2.34. The van der Waals surface area contributed by atoms with E-state index >= 15 is 0 Å². The first kappa shape index (κ1) is 21.9. The van der Waals surface area contributed by atoms with Gasteiger partial charge in [0.15, 0.2) is 5.65 Å². The third kappa shape index (κ3) is 4.87. The van der Waals surface area contributed by atoms with E-state index in [1.807, 2.05) is 24.5 Å². The molecule has 3 rings (SSSR count). The summed E-state index contributed by atoms with van der Waals surface area (Å²) in [5, 5.41) is 1.19. The van der Waals surface area contributed by atoms with Crippen LogP contribution in [0.2, 0.25) is 10.0 Å². The summed E-state index contributed by atoms with van der Waals surface area (Å²) in [6.07, 6.45) is 5.84. The van der Waals surface area contributed by atoms with Crippen LogP contribution in [0.1, 0.15) is 46.7 Å². The molecule has 0 saturated heterocycles. The largest absolute Gasteiger partial charge is 0.356 e. The molecule has 3 aromatic rings. The van der Waals surface area contributed by atoms with Gasteiger partial charge in [0.05, 0.1) is 10.7 Å². The van der Waals surface area contributed by atoms with Crippen molar-refractivity contribution < 1.29 is 0 Å². The summed E-state index contributed by atoms with van der Waals surface area (Å²) in [6, 6.07) is 5.51. The Bertz CT molecular complexity index is 978. The second-order valence-corrected chi connectivity index (χ2v) is 9.20. The quantitative estimate of drug-likeness (QED) is 0.393. The maximum atomic E-state index is 6.49. The van der Waals surface area contributed by atoms with Gasteiger partial charge in [0.2, 0.25) is 0 Å². The summed E-state index contributed by atoms with van der Waals surface area (Å²) < 4.78 is 2.18. The van der Waals surface area contributed by atoms with Gasteiger partial charge in [-0.25, -0.2) is 4.98 Å². The molecule has 0 amide bonds. The van der Waals surface area contributed by atoms with Gasteiger partial charge >= 0.3 is 0 Å². The van der Waals surface area contributed by atoms with Crippen LogP contribution in [-0.4, -0.2) is 27.5 Å². The molecule has 0 unspecified atom stereocenters. The molecule has 29 heavy (non-hydrogen) atoms. The zero-order chi connectivity index (χ0) is 21.1. The summed E-state index contributed by atoms with van der Waals surface area (Å²) in [5.74, 6) is 2.38. The van der Waals surface area contributed by atoms with Crippen molar-refractivity contribution in [2.24, 2.45) is 11.8 Å². The number of hydrogen-bond acceptors (Lipinski definition) is 3. The number of aromatic nitrogens is 3. The number of halogens is 2. The van der Waals surface area contributed by atoms with Crippen LogP contribution in [0.15, 0.2) is 30.6 Å². The number of anilines is 1. The van der Waals surface area contributed by atoms with Crippen molar-refractivity contribution in [1.29, 1.82) is 0 Å². The maximum Gasteiger partial charge on any atom is 0.165 e. The molecule has 6 heteroatoms. The van der Waals surface area contributed by atoms with Gasteiger partial charge < -0.3 is 4.90 Å². The molecule has 156 valence electrons. The Kier molecular flexibility index (Phi) is 7.07. The topological polar surface area (TPSA) is 33.4 Å². The van der Waals surface area contributed by atoms with E-state index < -0.39 is 0 Å². The molecule has 2 heterocycles. The van der Waals surface area contributed by atoms with Gasteiger partial charge in [-0.3, -0.25) is 9.38 Å². The fraction of sp³-hybridized carbons (Fsp3) is 0.478. The van der Waals surface area contributed by atoms with Crippen LogP contribution in [0.4, 0.5) is 5.82 Å². The van der Waals surface area contributed by atoms with Crippen LogP contribution >= 0.6 is 23.2 Å². The number of rotatable bonds is 8. The number of fused-ring (bicyclic) bond motifs is 1. The molecule has 0 fully saturated rings. The Labute approximate surface area is 183 Å². The van der Waals surface area contributed by atoms with E-state index in [0.717, 1.165) is 48.5 Å². The first-order valence-corrected chi connectivity index (χ1v) is 11.1. The standard InChI is InChI=1S/C23H30Cl2N4/c1-6-20-23(28(14-16(4)5)11-9-15(2)3)29-12-10-26-21(22(29)27-20)18-8-7-17(24)13-19(18)25/h7-8,10,12-13,15-16H,6,9,11,14H2,1-5H3. The molecule has 0 saturated carbocycles. The van der Waals surface area contributed by atoms with Gasteiger partial charge in [-0.2, -0.15) is 0 Å². The fourth-order valence-electron chi connectivity index (χ4n) is 3.59. The Hall–Kier alpha value is -1.78. The summed E-state index contributed by atoms with van der Waals surface area (Å²) in [5.41, 5.74) is 3.55. The van der Waals surface area contributed by atoms with Gasteiger partial charge in [0, 0.05) is 36.1 Å². The summed E-state index contributed by atoms with van der Waals surface area (Å²) in [7, 11) is 0. The normalized spacial score (nSPS) is 11.8. The number of benzene rings is 1. The van der Waals surface area contributed by atoms with Crippen LogP contribution in [0.25, 0.3) is 16.9 Å². The highest BCUT2D eigenvalue weighted by Gasteiger charge is 2.22. The first-order valence-electron chi connectivity index (χ1n) is 10.4. The lowest BCUT2D eigenvalue weighted by molar-refractivity contribution is 0.537. The van der Waals surface area contributed by atoms with Crippen molar-refractivity contribution in [3.8, 4) is 11.3 Å². The van der Waals surface area contributed by atoms with Crippen LogP contribution in [-0.2, 0) is 6.42 Å². The van der Waals surface area contributed by atoms with Crippen LogP contribution < -0.4 is 4.90 Å². The monoisotopic (exact) mass is 432 g/mol. The molecule has 0 radical (unpaired) electrons. The second-order valence-electron chi connectivity index (χ2n) is 8.35. The second kappa shape index (κ2) is 9.36. The molecule has 4 nitrogen and oxygen atoms in total. The predicted molar refractivity (Wildman–Crippen MR) is 124 cm³/mol. The number of hydrogen-bond donors (Lipinski definition) is 0. The fourth-order valence-corrected chi connectivity index (χ4v) is 4.09. The van der Waals surface area contributed by atoms with Gasteiger partial charge in [0.1, 0.15) is 11.5 Å². The average molecular weight is 433 g/mol. The van der Waals surface area contributed by atoms with Gasteiger partial charge in [0.25, 0.3) is 0 Å². The number of aryl methyl sites for hydroxylation is 1. The lowest BCUT2D eigenvalue weighted by Gasteiger charge is -2.28. The molecule has 1 aromatic carbocycles. The van der Waals surface area contributed by atoms with Crippen LogP contribution in [0, 0.1) is 11.8 Å². The molecular weight excluding hydrogens is 403 g/mol. The van der Waals surface area contributed by atoms with E-state index in [1.165, 1.54) is 5.82 Å². The highest BCUT2D eigenvalue weighted by molar-refractivity contribution is 6.36. The molecule has 0 aliphatic carbocycles. The minimum Gasteiger partial charge on any atom is -0.356 e. The molecule has 0 N–H and O–H groups in total. The van der Waals surface area contributed by atoms with Crippen molar-refractivity contribution >= 4 is 34.7 Å². The molecule has 2 aromatic heterocycles. The SMILES string of the molecule is CCc1nc2c(-c3ccc(Cl)cc3Cl)nccn2c1N(CCC(C)C)CC(C)C. The lowest BCUT2D eigenvalue weighted by atomic mass is 10.1. The van der Waals surface area contributed by atoms with Crippen molar-refractivity contribution in [2.45, 2.75) is 47.5 Å². The summed E-state index contributed by atoms with van der Waals surface area (Å²) in [6.45, 7) is 13.2. The minimum absolute atomic E-state index is 0.560. The lowest BCUT2D eigenvalue weighted by Crippen LogP contribution is -2.31. The Balaban J connectivity index is 2.17. The van der Waals surface area contributed by atoms with E-state index in [0.29, 0.717) is 21.9 Å². The molecule has 0 spiro atoms. The number of nitrogens with zero attached hydrogens (tertiary/aromatic N) is 4. The van der Waals surface area contributed by atoms with E-state index in [1.54, 1.807) is 6.07 Å². The molecule has 0 atom stereocenters. The Morgan fingerprint density at radius 1 is 1.10 bits per heavy atom. The van der Waals surface area contributed by atoms with Gasteiger partial charge in [-0.15, -0.1) is 0 Å². The van der Waals surface area contributed by atoms with Crippen molar-refractivity contribution in [1.82, 2.24) is 14.4 Å². The van der Waals surface area contributed by atoms with Crippen LogP contribution in [0.5, 0.6) is 0 Å². The van der Waals surface area contributed by atoms with E-state index in [-0.39, 0.29) is 0 Å². The number of imidazole rings is 1. The van der Waals surface area contributed by atoms with Gasteiger partial charge in [-0.05, 0) is 42.9 Å². The molecular formula is C23H30Cl2N4. The zero-order valence-electron chi connectivity index (χ0n) is 17.9. The molecule has 0 bridgehead atoms. The average Bonchev–Trinajstić information content (AvgIpc) is 3.03. The first-order chi connectivity index (χ1) is 13.8. The van der Waals surface area contributed by atoms with Crippen molar-refractivity contribution in [2.75, 3.05) is 18.0 Å². The summed E-state index contributed by atoms with van der Waals surface area (Å²) in [4.78, 5) is 12.1. The zero-order valence-corrected chi connectivity index (χ0v) is 19.4. The summed E-state index contributed by atoms with van der Waals surface area (Å²) >= 11 is 12.6. The van der Waals surface area contributed by atoms with E-state index in [9.17, 15) is 0 Å². The van der Waals surface area contributed by atoms with Crippen molar-refractivity contribution in [3.05, 3.63) is 46.3 Å². The van der Waals surface area contributed by atoms with E-state index in [2.05, 4.69) is 48.9 Å². The van der Waals surface area contributed by atoms with E-state index in [4.69, 9.17) is 28.2 Å². The third-order valence-electron chi connectivity index (χ3n) is 4.97.